The third-order valence-electron chi connectivity index (χ3n) is 4.90. The van der Waals surface area contributed by atoms with E-state index in [4.69, 9.17) is 0 Å². The van der Waals surface area contributed by atoms with Crippen LogP contribution in [0.4, 0.5) is 14.9 Å². The Labute approximate surface area is 239 Å². The number of carboxylic acid groups (broad SMARTS) is 1. The van der Waals surface area contributed by atoms with Gasteiger partial charge in [0.25, 0.3) is 5.56 Å². The van der Waals surface area contributed by atoms with Crippen molar-refractivity contribution in [1.82, 2.24) is 9.88 Å². The molecule has 34 heavy (non-hydrogen) atoms. The largest absolute Gasteiger partial charge is 1.00 e. The fourth-order valence-electron chi connectivity index (χ4n) is 3.31. The van der Waals surface area contributed by atoms with Gasteiger partial charge in [-0.3, -0.25) is 4.79 Å². The number of amides is 2. The van der Waals surface area contributed by atoms with Crippen molar-refractivity contribution in [2.75, 3.05) is 5.32 Å². The number of halogens is 1. The molecule has 11 heteroatoms. The molecule has 0 radical (unpaired) electrons. The quantitative estimate of drug-likeness (QED) is 0.343. The molecule has 0 aliphatic carbocycles. The van der Waals surface area contributed by atoms with Crippen molar-refractivity contribution < 1.29 is 83.3 Å². The molecular weight excluding hydrogens is 463 g/mol. The van der Waals surface area contributed by atoms with Gasteiger partial charge in [0.15, 0.2) is 0 Å². The number of hydrogen-bond donors (Lipinski definition) is 2. The maximum atomic E-state index is 14.4. The van der Waals surface area contributed by atoms with E-state index in [9.17, 15) is 29.0 Å². The van der Waals surface area contributed by atoms with E-state index in [1.54, 1.807) is 30.3 Å². The number of nitrogens with zero attached hydrogens (tertiary/aromatic N) is 1. The summed E-state index contributed by atoms with van der Waals surface area (Å²) in [5.41, 5.74) is 0.191. The van der Waals surface area contributed by atoms with Crippen molar-refractivity contribution in [2.45, 2.75) is 19.4 Å². The minimum atomic E-state index is -1.45. The van der Waals surface area contributed by atoms with Crippen LogP contribution < -0.4 is 85.5 Å². The Morgan fingerprint density at radius 1 is 1.12 bits per heavy atom. The summed E-state index contributed by atoms with van der Waals surface area (Å²) < 4.78 is 15.5. The summed E-state index contributed by atoms with van der Waals surface area (Å²) in [4.78, 5) is 36.0. The van der Waals surface area contributed by atoms with Crippen LogP contribution in [0.3, 0.4) is 0 Å². The smallest absolute Gasteiger partial charge is 0.871 e. The third-order valence-corrected chi connectivity index (χ3v) is 4.90. The van der Waals surface area contributed by atoms with Gasteiger partial charge in [-0.1, -0.05) is 42.1 Å². The number of aromatic nitrogens is 1. The number of anilines is 1. The number of nitrogens with one attached hydrogen (secondary N) is 2. The molecule has 3 aromatic rings. The zero-order valence-corrected chi connectivity index (χ0v) is 23.3. The number of pyridine rings is 1. The Morgan fingerprint density at radius 2 is 1.76 bits per heavy atom. The number of carbonyl (C=O) groups excluding carboxylic acids is 2. The molecule has 2 aromatic carbocycles. The molecule has 0 unspecified atom stereocenters. The van der Waals surface area contributed by atoms with Gasteiger partial charge >= 0.3 is 65.1 Å². The number of benzene rings is 2. The summed E-state index contributed by atoms with van der Waals surface area (Å²) in [5, 5.41) is 28.2. The summed E-state index contributed by atoms with van der Waals surface area (Å²) in [5.74, 6) is -2.61. The van der Waals surface area contributed by atoms with Crippen molar-refractivity contribution in [3.8, 4) is 16.9 Å². The van der Waals surface area contributed by atoms with Crippen LogP contribution in [0.15, 0.2) is 59.5 Å². The first kappa shape index (κ1) is 29.9. The molecule has 0 saturated heterocycles. The topological polar surface area (TPSA) is 126 Å². The molecule has 3 rings (SSSR count). The number of urea groups is 1. The summed E-state index contributed by atoms with van der Waals surface area (Å²) >= 11 is 0. The van der Waals surface area contributed by atoms with Gasteiger partial charge in [-0.05, 0) is 35.7 Å². The number of aryl methyl sites for hydroxylation is 2. The molecule has 2 amide bonds. The SMILES string of the molecule is Cc1cn(C)c(=O)c(NC(=O)N[C@@H](CC(=O)[O-])c2ccc(F)c(-c3ccccc3)c2)c1[O-].[Na+].[Na+]. The van der Waals surface area contributed by atoms with Gasteiger partial charge in [0.05, 0.1) is 6.04 Å². The van der Waals surface area contributed by atoms with Crippen molar-refractivity contribution in [2.24, 2.45) is 7.05 Å². The predicted octanol–water partition coefficient (Wildman–Crippen LogP) is -4.42. The van der Waals surface area contributed by atoms with E-state index in [-0.39, 0.29) is 70.2 Å². The summed E-state index contributed by atoms with van der Waals surface area (Å²) in [6.07, 6.45) is 0.736. The van der Waals surface area contributed by atoms with Crippen LogP contribution in [-0.4, -0.2) is 16.6 Å². The van der Waals surface area contributed by atoms with Crippen LogP contribution in [-0.2, 0) is 11.8 Å². The monoisotopic (exact) mass is 483 g/mol. The Morgan fingerprint density at radius 3 is 2.38 bits per heavy atom. The van der Waals surface area contributed by atoms with Gasteiger partial charge < -0.3 is 30.2 Å². The molecule has 0 spiro atoms. The van der Waals surface area contributed by atoms with Crippen LogP contribution in [0, 0.1) is 12.7 Å². The van der Waals surface area contributed by atoms with Gasteiger partial charge in [-0.2, -0.15) is 0 Å². The number of aliphatic carboxylic acids is 1. The van der Waals surface area contributed by atoms with Crippen LogP contribution in [0.1, 0.15) is 23.6 Å². The number of carboxylic acids is 1. The van der Waals surface area contributed by atoms with Crippen LogP contribution in [0.5, 0.6) is 5.75 Å². The number of carbonyl (C=O) groups is 2. The standard InChI is InChI=1S/C23H22FN3O5.2Na/c1-13-12-27(2)22(31)20(21(13)30)26-23(32)25-18(11-19(28)29)15-8-9-17(24)16(10-15)14-6-4-3-5-7-14;;/h3-10,12,18,30H,11H2,1-2H3,(H,28,29)(H2,25,26,32);;/q;2*+1/p-2/t18-;;/m0../s1. The summed E-state index contributed by atoms with van der Waals surface area (Å²) in [7, 11) is 1.43. The Hall–Kier alpha value is -2.14. The molecule has 1 heterocycles. The number of rotatable bonds is 6. The van der Waals surface area contributed by atoms with Crippen molar-refractivity contribution >= 4 is 17.7 Å². The van der Waals surface area contributed by atoms with E-state index < -0.39 is 47.3 Å². The molecular formula is C23H20FN3Na2O5. The third kappa shape index (κ3) is 7.18. The molecule has 1 aromatic heterocycles. The number of hydrogen-bond acceptors (Lipinski definition) is 5. The molecule has 8 nitrogen and oxygen atoms in total. The van der Waals surface area contributed by atoms with Crippen LogP contribution in [0.2, 0.25) is 0 Å². The van der Waals surface area contributed by atoms with E-state index in [1.807, 2.05) is 0 Å². The van der Waals surface area contributed by atoms with Crippen molar-refractivity contribution in [1.29, 1.82) is 0 Å². The van der Waals surface area contributed by atoms with E-state index >= 15 is 0 Å². The maximum Gasteiger partial charge on any atom is 1.00 e. The fraction of sp³-hybridized carbons (Fsp3) is 0.174. The molecule has 0 aliphatic rings. The van der Waals surface area contributed by atoms with Crippen molar-refractivity contribution in [3.05, 3.63) is 82.0 Å². The first-order chi connectivity index (χ1) is 15.2. The second-order valence-electron chi connectivity index (χ2n) is 7.26. The predicted molar refractivity (Wildman–Crippen MR) is 112 cm³/mol. The second kappa shape index (κ2) is 13.1. The van der Waals surface area contributed by atoms with Crippen LogP contribution >= 0.6 is 0 Å². The fourth-order valence-corrected chi connectivity index (χ4v) is 3.31. The normalized spacial score (nSPS) is 10.9. The molecule has 0 bridgehead atoms. The molecule has 0 fully saturated rings. The molecule has 2 N–H and O–H groups in total. The minimum Gasteiger partial charge on any atom is -0.871 e. The average Bonchev–Trinajstić information content (AvgIpc) is 2.75. The van der Waals surface area contributed by atoms with Crippen molar-refractivity contribution in [3.63, 3.8) is 0 Å². The Kier molecular flexibility index (Phi) is 11.5. The molecule has 1 atom stereocenters. The van der Waals surface area contributed by atoms with Gasteiger partial charge in [0, 0.05) is 31.2 Å². The van der Waals surface area contributed by atoms with Gasteiger partial charge in [0.2, 0.25) is 0 Å². The van der Waals surface area contributed by atoms with E-state index in [2.05, 4.69) is 10.6 Å². The van der Waals surface area contributed by atoms with Crippen LogP contribution in [0.25, 0.3) is 11.1 Å². The second-order valence-corrected chi connectivity index (χ2v) is 7.26. The average molecular weight is 483 g/mol. The maximum absolute atomic E-state index is 14.4. The Bertz CT molecular complexity index is 1240. The van der Waals surface area contributed by atoms with Gasteiger partial charge in [0.1, 0.15) is 11.5 Å². The Balaban J connectivity index is 0.00000289. The summed E-state index contributed by atoms with van der Waals surface area (Å²) in [6, 6.07) is 10.5. The van der Waals surface area contributed by atoms with E-state index in [0.29, 0.717) is 11.1 Å². The minimum absolute atomic E-state index is 0. The van der Waals surface area contributed by atoms with Gasteiger partial charge in [-0.15, -0.1) is 0 Å². The first-order valence-corrected chi connectivity index (χ1v) is 9.67. The molecule has 0 saturated carbocycles. The zero-order valence-electron chi connectivity index (χ0n) is 19.3. The van der Waals surface area contributed by atoms with E-state index in [0.717, 1.165) is 4.57 Å². The molecule has 0 aliphatic heterocycles. The first-order valence-electron chi connectivity index (χ1n) is 9.67. The van der Waals surface area contributed by atoms with Gasteiger partial charge in [-0.25, -0.2) is 9.18 Å². The molecule has 166 valence electrons. The summed E-state index contributed by atoms with van der Waals surface area (Å²) in [6.45, 7) is 1.49. The zero-order chi connectivity index (χ0) is 23.4. The van der Waals surface area contributed by atoms with E-state index in [1.165, 1.54) is 38.4 Å².